The van der Waals surface area contributed by atoms with Crippen LogP contribution in [0.5, 0.6) is 0 Å². The fourth-order valence-corrected chi connectivity index (χ4v) is 2.55. The van der Waals surface area contributed by atoms with Gasteiger partial charge in [0.05, 0.1) is 0 Å². The Kier molecular flexibility index (Phi) is 3.30. The minimum absolute atomic E-state index is 0.389. The molecule has 0 unspecified atom stereocenters. The van der Waals surface area contributed by atoms with Crippen LogP contribution in [-0.2, 0) is 9.05 Å². The van der Waals surface area contributed by atoms with E-state index in [4.69, 9.17) is 10.7 Å². The topological polar surface area (TPSA) is 34.1 Å². The van der Waals surface area contributed by atoms with Crippen LogP contribution in [0.3, 0.4) is 0 Å². The van der Waals surface area contributed by atoms with Gasteiger partial charge in [-0.05, 0) is 5.56 Å². The molecule has 0 amide bonds. The van der Waals surface area contributed by atoms with Crippen LogP contribution < -0.4 is 0 Å². The van der Waals surface area contributed by atoms with Crippen molar-refractivity contribution in [2.24, 2.45) is 0 Å². The molecular weight excluding hydrogens is 253 g/mol. The minimum Gasteiger partial charge on any atom is -0.211 e. The molecule has 1 aromatic rings. The first kappa shape index (κ1) is 12.3. The van der Waals surface area contributed by atoms with E-state index in [9.17, 15) is 21.6 Å². The quantitative estimate of drug-likeness (QED) is 0.765. The van der Waals surface area contributed by atoms with E-state index in [-0.39, 0.29) is 5.56 Å². The van der Waals surface area contributed by atoms with Crippen molar-refractivity contribution in [2.45, 2.75) is 11.4 Å². The van der Waals surface area contributed by atoms with Gasteiger partial charge in [0.2, 0.25) is 9.05 Å². The van der Waals surface area contributed by atoms with Crippen LogP contribution in [0.25, 0.3) is 0 Å². The summed E-state index contributed by atoms with van der Waals surface area (Å²) in [7, 11) is 0.0421. The molecule has 15 heavy (non-hydrogen) atoms. The maximum absolute atomic E-state index is 12.4. The molecule has 0 bridgehead atoms. The van der Waals surface area contributed by atoms with Gasteiger partial charge in [0, 0.05) is 10.7 Å². The van der Waals surface area contributed by atoms with Crippen LogP contribution in [0, 0.1) is 0 Å². The highest BCUT2D eigenvalue weighted by molar-refractivity contribution is 8.14. The van der Waals surface area contributed by atoms with E-state index in [1.165, 1.54) is 18.2 Å². The van der Waals surface area contributed by atoms with Crippen molar-refractivity contribution in [3.05, 3.63) is 35.9 Å². The molecule has 0 heterocycles. The summed E-state index contributed by atoms with van der Waals surface area (Å²) >= 11 is 0. The zero-order valence-corrected chi connectivity index (χ0v) is 8.77. The second kappa shape index (κ2) is 4.02. The average Bonchev–Trinajstić information content (AvgIpc) is 2.00. The normalized spacial score (nSPS) is 14.9. The lowest BCUT2D eigenvalue weighted by atomic mass is 10.1. The number of halogens is 4. The maximum Gasteiger partial charge on any atom is 0.410 e. The first-order valence-corrected chi connectivity index (χ1v) is 6.15. The van der Waals surface area contributed by atoms with Crippen LogP contribution in [0.15, 0.2) is 30.3 Å². The standard InChI is InChI=1S/C8H6ClF3O2S/c9-15(13,14)7(8(10,11)12)6-4-2-1-3-5-6/h1-5,7H/t7-/m1/s1. The summed E-state index contributed by atoms with van der Waals surface area (Å²) in [6.07, 6.45) is -4.91. The van der Waals surface area contributed by atoms with E-state index in [1.54, 1.807) is 0 Å². The predicted molar refractivity (Wildman–Crippen MR) is 50.0 cm³/mol. The van der Waals surface area contributed by atoms with Crippen LogP contribution in [0.2, 0.25) is 0 Å². The summed E-state index contributed by atoms with van der Waals surface area (Å²) in [5.74, 6) is 0. The van der Waals surface area contributed by atoms with E-state index >= 15 is 0 Å². The number of alkyl halides is 3. The van der Waals surface area contributed by atoms with Gasteiger partial charge in [-0.2, -0.15) is 13.2 Å². The maximum atomic E-state index is 12.4. The van der Waals surface area contributed by atoms with Crippen molar-refractivity contribution in [3.63, 3.8) is 0 Å². The third-order valence-corrected chi connectivity index (χ3v) is 3.32. The molecule has 0 radical (unpaired) electrons. The Morgan fingerprint density at radius 1 is 1.13 bits per heavy atom. The number of benzene rings is 1. The van der Waals surface area contributed by atoms with Crippen molar-refractivity contribution >= 4 is 19.7 Å². The zero-order chi connectivity index (χ0) is 11.7. The Hall–Kier alpha value is -0.750. The van der Waals surface area contributed by atoms with E-state index in [0.29, 0.717) is 0 Å². The first-order valence-electron chi connectivity index (χ1n) is 3.78. The molecule has 0 aromatic heterocycles. The molecule has 0 aliphatic carbocycles. The van der Waals surface area contributed by atoms with Crippen LogP contribution in [0.1, 0.15) is 10.8 Å². The Morgan fingerprint density at radius 2 is 1.60 bits per heavy atom. The third-order valence-electron chi connectivity index (χ3n) is 1.68. The summed E-state index contributed by atoms with van der Waals surface area (Å²) in [5.41, 5.74) is -0.389. The van der Waals surface area contributed by atoms with Crippen LogP contribution in [-0.4, -0.2) is 14.6 Å². The molecule has 0 fully saturated rings. The van der Waals surface area contributed by atoms with Gasteiger partial charge in [0.15, 0.2) is 5.25 Å². The molecule has 0 spiro atoms. The Balaban J connectivity index is 3.27. The third kappa shape index (κ3) is 3.10. The Bertz CT molecular complexity index is 427. The van der Waals surface area contributed by atoms with Gasteiger partial charge < -0.3 is 0 Å². The lowest BCUT2D eigenvalue weighted by molar-refractivity contribution is -0.131. The smallest absolute Gasteiger partial charge is 0.211 e. The van der Waals surface area contributed by atoms with E-state index in [0.717, 1.165) is 12.1 Å². The van der Waals surface area contributed by atoms with Crippen LogP contribution >= 0.6 is 10.7 Å². The fourth-order valence-electron chi connectivity index (χ4n) is 1.14. The van der Waals surface area contributed by atoms with Crippen LogP contribution in [0.4, 0.5) is 13.2 Å². The van der Waals surface area contributed by atoms with E-state index < -0.39 is 20.5 Å². The van der Waals surface area contributed by atoms with Gasteiger partial charge in [-0.25, -0.2) is 8.42 Å². The average molecular weight is 259 g/mol. The van der Waals surface area contributed by atoms with Crippen molar-refractivity contribution in [3.8, 4) is 0 Å². The summed E-state index contributed by atoms with van der Waals surface area (Å²) in [6, 6.07) is 6.25. The molecule has 1 aromatic carbocycles. The molecule has 1 rings (SSSR count). The van der Waals surface area contributed by atoms with Gasteiger partial charge in [-0.3, -0.25) is 0 Å². The SMILES string of the molecule is O=S(=O)(Cl)[C@H](c1ccccc1)C(F)(F)F. The molecule has 84 valence electrons. The largest absolute Gasteiger partial charge is 0.410 e. The second-order valence-electron chi connectivity index (χ2n) is 2.81. The summed E-state index contributed by atoms with van der Waals surface area (Å²) in [6.45, 7) is 0. The van der Waals surface area contributed by atoms with Crippen molar-refractivity contribution in [2.75, 3.05) is 0 Å². The number of rotatable bonds is 2. The first-order chi connectivity index (χ1) is 6.73. The lowest BCUT2D eigenvalue weighted by Gasteiger charge is -2.17. The monoisotopic (exact) mass is 258 g/mol. The highest BCUT2D eigenvalue weighted by Crippen LogP contribution is 2.40. The van der Waals surface area contributed by atoms with Gasteiger partial charge in [-0.15, -0.1) is 0 Å². The Morgan fingerprint density at radius 3 is 1.93 bits per heavy atom. The van der Waals surface area contributed by atoms with Gasteiger partial charge in [-0.1, -0.05) is 30.3 Å². The number of hydrogen-bond donors (Lipinski definition) is 0. The molecule has 0 saturated carbocycles. The molecule has 2 nitrogen and oxygen atoms in total. The molecule has 7 heteroatoms. The molecule has 0 aliphatic rings. The van der Waals surface area contributed by atoms with Gasteiger partial charge in [0.25, 0.3) is 0 Å². The number of hydrogen-bond acceptors (Lipinski definition) is 2. The summed E-state index contributed by atoms with van der Waals surface area (Å²) in [4.78, 5) is 0. The fraction of sp³-hybridized carbons (Fsp3) is 0.250. The molecular formula is C8H6ClF3O2S. The van der Waals surface area contributed by atoms with Crippen molar-refractivity contribution in [1.82, 2.24) is 0 Å². The molecule has 0 aliphatic heterocycles. The predicted octanol–water partition coefficient (Wildman–Crippen LogP) is 2.86. The van der Waals surface area contributed by atoms with E-state index in [2.05, 4.69) is 0 Å². The lowest BCUT2D eigenvalue weighted by Crippen LogP contribution is -2.25. The molecule has 0 saturated heterocycles. The van der Waals surface area contributed by atoms with Gasteiger partial charge >= 0.3 is 6.18 Å². The Labute approximate surface area is 89.1 Å². The summed E-state index contributed by atoms with van der Waals surface area (Å²) < 4.78 is 59.0. The van der Waals surface area contributed by atoms with Gasteiger partial charge in [0.1, 0.15) is 0 Å². The van der Waals surface area contributed by atoms with Crippen molar-refractivity contribution in [1.29, 1.82) is 0 Å². The molecule has 0 N–H and O–H groups in total. The zero-order valence-electron chi connectivity index (χ0n) is 7.20. The van der Waals surface area contributed by atoms with Crippen molar-refractivity contribution < 1.29 is 21.6 Å². The van der Waals surface area contributed by atoms with E-state index in [1.807, 2.05) is 0 Å². The highest BCUT2D eigenvalue weighted by atomic mass is 35.7. The minimum atomic E-state index is -4.91. The molecule has 1 atom stereocenters. The highest BCUT2D eigenvalue weighted by Gasteiger charge is 2.49. The summed E-state index contributed by atoms with van der Waals surface area (Å²) in [5, 5.41) is -2.67. The second-order valence-corrected chi connectivity index (χ2v) is 5.52.